The highest BCUT2D eigenvalue weighted by atomic mass is 35.5. The second-order valence-corrected chi connectivity index (χ2v) is 9.34. The fourth-order valence-corrected chi connectivity index (χ4v) is 4.30. The fourth-order valence-electron chi connectivity index (χ4n) is 4.11. The monoisotopic (exact) mass is 468 g/mol. The van der Waals surface area contributed by atoms with Gasteiger partial charge in [0, 0.05) is 50.5 Å². The summed E-state index contributed by atoms with van der Waals surface area (Å²) in [5, 5.41) is 9.89. The number of carboxylic acids is 1. The van der Waals surface area contributed by atoms with Gasteiger partial charge in [0.1, 0.15) is 0 Å². The Morgan fingerprint density at radius 3 is 2.47 bits per heavy atom. The second kappa shape index (κ2) is 8.12. The van der Waals surface area contributed by atoms with Gasteiger partial charge in [-0.25, -0.2) is 4.99 Å². The lowest BCUT2D eigenvalue weighted by Gasteiger charge is -2.38. The van der Waals surface area contributed by atoms with Crippen molar-refractivity contribution in [3.63, 3.8) is 0 Å². The van der Waals surface area contributed by atoms with Crippen LogP contribution in [0.25, 0.3) is 0 Å². The van der Waals surface area contributed by atoms with E-state index in [2.05, 4.69) is 4.90 Å². The normalized spacial score (nSPS) is 17.4. The number of nitrogens with zero attached hydrogens (tertiary/aromatic N) is 4. The summed E-state index contributed by atoms with van der Waals surface area (Å²) in [5.74, 6) is -0.375. The maximum absolute atomic E-state index is 13.4. The van der Waals surface area contributed by atoms with E-state index < -0.39 is 23.1 Å². The van der Waals surface area contributed by atoms with Crippen LogP contribution in [0.2, 0.25) is 5.02 Å². The number of benzene rings is 1. The number of aromatic nitrogens is 1. The highest BCUT2D eigenvalue weighted by Gasteiger charge is 2.36. The molecule has 4 rings (SSSR count). The van der Waals surface area contributed by atoms with E-state index in [1.165, 1.54) is 0 Å². The van der Waals surface area contributed by atoms with Gasteiger partial charge in [-0.3, -0.25) is 9.69 Å². The Hall–Kier alpha value is -2.52. The molecule has 0 bridgehead atoms. The first-order valence-electron chi connectivity index (χ1n) is 10.3. The van der Waals surface area contributed by atoms with Gasteiger partial charge >= 0.3 is 12.1 Å². The van der Waals surface area contributed by atoms with Crippen LogP contribution in [0.3, 0.4) is 0 Å². The molecular weight excluding hydrogens is 445 g/mol. The third-order valence-corrected chi connectivity index (χ3v) is 6.17. The van der Waals surface area contributed by atoms with E-state index >= 15 is 0 Å². The first-order valence-corrected chi connectivity index (χ1v) is 10.7. The number of piperazine rings is 1. The van der Waals surface area contributed by atoms with Crippen LogP contribution in [-0.4, -0.2) is 64.0 Å². The van der Waals surface area contributed by atoms with Crippen molar-refractivity contribution in [2.75, 3.05) is 32.7 Å². The van der Waals surface area contributed by atoms with E-state index in [0.29, 0.717) is 55.0 Å². The third kappa shape index (κ3) is 4.49. The molecule has 32 heavy (non-hydrogen) atoms. The molecule has 0 spiro atoms. The zero-order valence-corrected chi connectivity index (χ0v) is 18.5. The Morgan fingerprint density at radius 1 is 1.16 bits per heavy atom. The van der Waals surface area contributed by atoms with Crippen molar-refractivity contribution in [1.29, 1.82) is 0 Å². The highest BCUT2D eigenvalue weighted by molar-refractivity contribution is 6.30. The molecule has 3 heterocycles. The molecule has 0 atom stereocenters. The summed E-state index contributed by atoms with van der Waals surface area (Å²) in [5.41, 5.74) is 0.240. The van der Waals surface area contributed by atoms with E-state index in [9.17, 15) is 23.1 Å². The van der Waals surface area contributed by atoms with Crippen molar-refractivity contribution in [3.05, 3.63) is 52.3 Å². The number of fused-ring (bicyclic) bond motifs is 2. The lowest BCUT2D eigenvalue weighted by molar-refractivity contribution is -0.148. The molecule has 0 saturated carbocycles. The average Bonchev–Trinajstić information content (AvgIpc) is 3.06. The lowest BCUT2D eigenvalue weighted by Crippen LogP contribution is -2.52. The predicted molar refractivity (Wildman–Crippen MR) is 116 cm³/mol. The summed E-state index contributed by atoms with van der Waals surface area (Å²) in [4.78, 5) is 20.2. The van der Waals surface area contributed by atoms with Crippen LogP contribution in [0.1, 0.15) is 30.7 Å². The average molecular weight is 469 g/mol. The minimum atomic E-state index is -4.46. The van der Waals surface area contributed by atoms with Crippen molar-refractivity contribution < 1.29 is 23.1 Å². The molecule has 2 aliphatic heterocycles. The van der Waals surface area contributed by atoms with Gasteiger partial charge in [-0.2, -0.15) is 13.2 Å². The van der Waals surface area contributed by atoms with E-state index in [1.54, 1.807) is 36.6 Å². The summed E-state index contributed by atoms with van der Waals surface area (Å²) in [7, 11) is 0. The number of halogens is 4. The molecule has 1 fully saturated rings. The Balaban J connectivity index is 1.64. The van der Waals surface area contributed by atoms with Crippen LogP contribution < -0.4 is 0 Å². The number of rotatable bonds is 3. The number of carboxylic acid groups (broad SMARTS) is 1. The smallest absolute Gasteiger partial charge is 0.417 e. The Kier molecular flexibility index (Phi) is 5.75. The number of alkyl halides is 3. The fraction of sp³-hybridized carbons (Fsp3) is 0.455. The minimum absolute atomic E-state index is 0.237. The summed E-state index contributed by atoms with van der Waals surface area (Å²) in [6.07, 6.45) is -3.34. The second-order valence-electron chi connectivity index (χ2n) is 8.90. The number of aliphatic imine (C=N–C) groups is 1. The van der Waals surface area contributed by atoms with Gasteiger partial charge in [-0.05, 0) is 43.7 Å². The molecule has 2 aliphatic rings. The molecular formula is C22H24ClF3N4O2. The maximum Gasteiger partial charge on any atom is 0.417 e. The van der Waals surface area contributed by atoms with Crippen molar-refractivity contribution in [1.82, 2.24) is 14.4 Å². The van der Waals surface area contributed by atoms with Crippen LogP contribution >= 0.6 is 11.6 Å². The summed E-state index contributed by atoms with van der Waals surface area (Å²) >= 11 is 6.12. The van der Waals surface area contributed by atoms with Crippen molar-refractivity contribution in [3.8, 4) is 0 Å². The first kappa shape index (κ1) is 22.7. The lowest BCUT2D eigenvalue weighted by atomic mass is 9.93. The van der Waals surface area contributed by atoms with Crippen LogP contribution in [0, 0.1) is 5.41 Å². The molecule has 1 aromatic heterocycles. The largest absolute Gasteiger partial charge is 0.481 e. The number of amidine groups is 1. The van der Waals surface area contributed by atoms with E-state index in [4.69, 9.17) is 16.6 Å². The Bertz CT molecular complexity index is 1070. The molecule has 2 aromatic rings. The Labute approximate surface area is 188 Å². The van der Waals surface area contributed by atoms with Gasteiger partial charge in [0.2, 0.25) is 0 Å². The van der Waals surface area contributed by atoms with Gasteiger partial charge in [-0.15, -0.1) is 0 Å². The third-order valence-electron chi connectivity index (χ3n) is 5.93. The maximum atomic E-state index is 13.4. The summed E-state index contributed by atoms with van der Waals surface area (Å²) < 4.78 is 41.9. The number of aliphatic carboxylic acids is 1. The van der Waals surface area contributed by atoms with Gasteiger partial charge in [0.05, 0.1) is 22.4 Å². The van der Waals surface area contributed by atoms with Gasteiger partial charge in [0.25, 0.3) is 0 Å². The number of carbonyl (C=O) groups is 1. The van der Waals surface area contributed by atoms with Gasteiger partial charge in [0.15, 0.2) is 5.84 Å². The SMILES string of the molecule is CC(C)(CN1CCN(C2=Nc3ccc(Cl)cc3Cn3cc(C(F)(F)F)cc32)CC1)C(=O)O. The van der Waals surface area contributed by atoms with Crippen LogP contribution in [-0.2, 0) is 17.5 Å². The molecule has 0 amide bonds. The van der Waals surface area contributed by atoms with Crippen molar-refractivity contribution in [2.24, 2.45) is 10.4 Å². The quantitative estimate of drug-likeness (QED) is 0.728. The van der Waals surface area contributed by atoms with Crippen LogP contribution in [0.4, 0.5) is 18.9 Å². The zero-order chi connectivity index (χ0) is 23.3. The minimum Gasteiger partial charge on any atom is -0.481 e. The molecule has 0 radical (unpaired) electrons. The van der Waals surface area contributed by atoms with Gasteiger partial charge in [-0.1, -0.05) is 11.6 Å². The van der Waals surface area contributed by atoms with Crippen LogP contribution in [0.15, 0.2) is 35.5 Å². The van der Waals surface area contributed by atoms with Crippen LogP contribution in [0.5, 0.6) is 0 Å². The highest BCUT2D eigenvalue weighted by Crippen LogP contribution is 2.35. The van der Waals surface area contributed by atoms with E-state index in [1.807, 2.05) is 4.90 Å². The summed E-state index contributed by atoms with van der Waals surface area (Å²) in [6, 6.07) is 6.37. The molecule has 1 saturated heterocycles. The molecule has 6 nitrogen and oxygen atoms in total. The number of hydrogen-bond acceptors (Lipinski definition) is 4. The standard InChI is InChI=1S/C22H24ClF3N4O2/c1-21(2,20(31)32)13-28-5-7-29(8-6-28)19-18-10-15(22(24,25)26)12-30(18)11-14-9-16(23)3-4-17(14)27-19/h3-4,9-10,12H,5-8,11,13H2,1-2H3,(H,31,32). The molecule has 0 unspecified atom stereocenters. The molecule has 10 heteroatoms. The molecule has 172 valence electrons. The van der Waals surface area contributed by atoms with Crippen molar-refractivity contribution in [2.45, 2.75) is 26.6 Å². The number of hydrogen-bond donors (Lipinski definition) is 1. The molecule has 1 aromatic carbocycles. The van der Waals surface area contributed by atoms with E-state index in [0.717, 1.165) is 17.8 Å². The van der Waals surface area contributed by atoms with Crippen molar-refractivity contribution >= 4 is 29.1 Å². The Morgan fingerprint density at radius 2 is 1.84 bits per heavy atom. The topological polar surface area (TPSA) is 61.1 Å². The summed E-state index contributed by atoms with van der Waals surface area (Å²) in [6.45, 7) is 6.26. The van der Waals surface area contributed by atoms with E-state index in [-0.39, 0.29) is 6.54 Å². The molecule has 0 aliphatic carbocycles. The van der Waals surface area contributed by atoms with Gasteiger partial charge < -0.3 is 14.6 Å². The first-order chi connectivity index (χ1) is 14.9. The predicted octanol–water partition coefficient (Wildman–Crippen LogP) is 4.33. The zero-order valence-electron chi connectivity index (χ0n) is 17.8. The molecule has 1 N–H and O–H groups in total.